The van der Waals surface area contributed by atoms with E-state index in [1.807, 2.05) is 0 Å². The molecule has 3 atom stereocenters. The lowest BCUT2D eigenvalue weighted by atomic mass is 9.91. The van der Waals surface area contributed by atoms with E-state index in [0.717, 1.165) is 11.8 Å². The third-order valence-electron chi connectivity index (χ3n) is 4.26. The maximum atomic E-state index is 12.6. The van der Waals surface area contributed by atoms with Crippen molar-refractivity contribution in [2.45, 2.75) is 53.0 Å². The van der Waals surface area contributed by atoms with E-state index in [4.69, 9.17) is 14.2 Å². The van der Waals surface area contributed by atoms with Gasteiger partial charge in [0.15, 0.2) is 0 Å². The molecule has 9 nitrogen and oxygen atoms in total. The van der Waals surface area contributed by atoms with E-state index in [-0.39, 0.29) is 16.4 Å². The van der Waals surface area contributed by atoms with Crippen LogP contribution in [0.15, 0.2) is 11.3 Å². The molecule has 0 aromatic heterocycles. The Balaban J connectivity index is 2.11. The fourth-order valence-corrected chi connectivity index (χ4v) is 4.06. The molecular weight excluding hydrogens is 390 g/mol. The van der Waals surface area contributed by atoms with E-state index in [9.17, 15) is 24.0 Å². The van der Waals surface area contributed by atoms with E-state index >= 15 is 0 Å². The first-order chi connectivity index (χ1) is 12.9. The summed E-state index contributed by atoms with van der Waals surface area (Å²) in [5, 5.41) is -1.05. The molecule has 28 heavy (non-hydrogen) atoms. The van der Waals surface area contributed by atoms with Crippen LogP contribution in [0.3, 0.4) is 0 Å². The normalized spacial score (nSPS) is 22.9. The number of hydrogen-bond acceptors (Lipinski definition) is 9. The average Bonchev–Trinajstić information content (AvgIpc) is 2.55. The number of nitrogens with zero attached hydrogens (tertiary/aromatic N) is 1. The van der Waals surface area contributed by atoms with Crippen molar-refractivity contribution in [3.63, 3.8) is 0 Å². The van der Waals surface area contributed by atoms with Crippen LogP contribution < -0.4 is 0 Å². The van der Waals surface area contributed by atoms with Crippen LogP contribution in [-0.4, -0.2) is 52.1 Å². The van der Waals surface area contributed by atoms with Crippen molar-refractivity contribution in [2.24, 2.45) is 11.3 Å². The first-order valence-electron chi connectivity index (χ1n) is 8.62. The van der Waals surface area contributed by atoms with Gasteiger partial charge in [0.2, 0.25) is 17.8 Å². The van der Waals surface area contributed by atoms with Gasteiger partial charge in [-0.3, -0.25) is 24.1 Å². The summed E-state index contributed by atoms with van der Waals surface area (Å²) < 4.78 is 14.9. The summed E-state index contributed by atoms with van der Waals surface area (Å²) in [6.45, 7) is 8.51. The fourth-order valence-electron chi connectivity index (χ4n) is 2.77. The maximum absolute atomic E-state index is 12.6. The van der Waals surface area contributed by atoms with Crippen molar-refractivity contribution < 1.29 is 38.2 Å². The molecule has 0 N–H and O–H groups in total. The molecule has 154 valence electrons. The fraction of sp³-hybridized carbons (Fsp3) is 0.611. The number of carbonyl (C=O) groups excluding carboxylic acids is 5. The van der Waals surface area contributed by atoms with Gasteiger partial charge in [0.05, 0.1) is 5.41 Å². The van der Waals surface area contributed by atoms with Crippen LogP contribution in [0, 0.1) is 11.3 Å². The molecule has 10 heteroatoms. The van der Waals surface area contributed by atoms with Gasteiger partial charge in [-0.15, -0.1) is 0 Å². The summed E-state index contributed by atoms with van der Waals surface area (Å²) in [6, 6.07) is 0. The summed E-state index contributed by atoms with van der Waals surface area (Å²) in [6.07, 6.45) is -0.741. The SMILES string of the molecule is CC(=O)O[C@H](C)[C@H]1C(=O)N2C(C(=O)OCOC(=O)C(C)(C)C)=C(C)C(=O)S[C@@H]12. The lowest BCUT2D eigenvalue weighted by Gasteiger charge is -2.50. The van der Waals surface area contributed by atoms with E-state index < -0.39 is 53.4 Å². The minimum atomic E-state index is -0.940. The van der Waals surface area contributed by atoms with Crippen LogP contribution in [0.4, 0.5) is 0 Å². The number of esters is 3. The summed E-state index contributed by atoms with van der Waals surface area (Å²) >= 11 is 0.889. The first kappa shape index (κ1) is 21.9. The number of carbonyl (C=O) groups is 5. The van der Waals surface area contributed by atoms with Gasteiger partial charge >= 0.3 is 17.9 Å². The molecule has 0 saturated carbocycles. The number of fused-ring (bicyclic) bond motifs is 1. The number of thioether (sulfide) groups is 1. The van der Waals surface area contributed by atoms with Crippen molar-refractivity contribution in [2.75, 3.05) is 6.79 Å². The Hall–Kier alpha value is -2.36. The Morgan fingerprint density at radius 2 is 1.79 bits per heavy atom. The highest BCUT2D eigenvalue weighted by Crippen LogP contribution is 2.46. The van der Waals surface area contributed by atoms with Crippen LogP contribution in [-0.2, 0) is 38.2 Å². The maximum Gasteiger partial charge on any atom is 0.358 e. The summed E-state index contributed by atoms with van der Waals surface area (Å²) in [5.74, 6) is -3.23. The van der Waals surface area contributed by atoms with E-state index in [2.05, 4.69) is 0 Å². The molecule has 0 radical (unpaired) electrons. The van der Waals surface area contributed by atoms with Gasteiger partial charge < -0.3 is 14.2 Å². The molecule has 0 aromatic carbocycles. The Morgan fingerprint density at radius 1 is 1.18 bits per heavy atom. The van der Waals surface area contributed by atoms with Gasteiger partial charge in [0, 0.05) is 12.5 Å². The average molecular weight is 413 g/mol. The minimum absolute atomic E-state index is 0.0698. The second kappa shape index (κ2) is 7.94. The van der Waals surface area contributed by atoms with Crippen LogP contribution in [0.2, 0.25) is 0 Å². The second-order valence-electron chi connectivity index (χ2n) is 7.55. The van der Waals surface area contributed by atoms with Crippen molar-refractivity contribution in [3.8, 4) is 0 Å². The molecule has 1 saturated heterocycles. The lowest BCUT2D eigenvalue weighted by Crippen LogP contribution is -2.65. The second-order valence-corrected chi connectivity index (χ2v) is 8.64. The standard InChI is InChI=1S/C18H23NO8S/c1-8-12(15(22)25-7-26-17(24)18(4,5)6)19-13(21)11(9(2)27-10(3)20)14(19)28-16(8)23/h9,11,14H,7H2,1-6H3/t9-,11+,14+/m1/s1. The van der Waals surface area contributed by atoms with Gasteiger partial charge in [-0.1, -0.05) is 11.8 Å². The number of hydrogen-bond donors (Lipinski definition) is 0. The Labute approximate surface area is 166 Å². The van der Waals surface area contributed by atoms with Crippen LogP contribution in [0.5, 0.6) is 0 Å². The van der Waals surface area contributed by atoms with Crippen molar-refractivity contribution in [1.29, 1.82) is 0 Å². The zero-order valence-electron chi connectivity index (χ0n) is 16.6. The predicted molar refractivity (Wildman–Crippen MR) is 97.2 cm³/mol. The molecular formula is C18H23NO8S. The van der Waals surface area contributed by atoms with E-state index in [0.29, 0.717) is 0 Å². The molecule has 0 unspecified atom stereocenters. The molecule has 0 aromatic rings. The smallest absolute Gasteiger partial charge is 0.358 e. The molecule has 1 fully saturated rings. The molecule has 1 amide bonds. The monoisotopic (exact) mass is 413 g/mol. The minimum Gasteiger partial charge on any atom is -0.462 e. The van der Waals surface area contributed by atoms with E-state index in [1.165, 1.54) is 18.7 Å². The molecule has 0 aliphatic carbocycles. The Morgan fingerprint density at radius 3 is 2.32 bits per heavy atom. The first-order valence-corrected chi connectivity index (χ1v) is 9.50. The van der Waals surface area contributed by atoms with Crippen LogP contribution in [0.25, 0.3) is 0 Å². The number of rotatable bonds is 5. The van der Waals surface area contributed by atoms with E-state index in [1.54, 1.807) is 27.7 Å². The van der Waals surface area contributed by atoms with Gasteiger partial charge in [-0.2, -0.15) is 0 Å². The van der Waals surface area contributed by atoms with Gasteiger partial charge in [0.25, 0.3) is 0 Å². The van der Waals surface area contributed by atoms with Crippen LogP contribution >= 0.6 is 11.8 Å². The summed E-state index contributed by atoms with van der Waals surface area (Å²) in [5.41, 5.74) is -0.880. The van der Waals surface area contributed by atoms with Crippen molar-refractivity contribution in [3.05, 3.63) is 11.3 Å². The predicted octanol–water partition coefficient (Wildman–Crippen LogP) is 1.36. The highest BCUT2D eigenvalue weighted by atomic mass is 32.2. The zero-order valence-corrected chi connectivity index (χ0v) is 17.4. The number of ether oxygens (including phenoxy) is 3. The number of β-lactam (4-membered cyclic amide) rings is 1. The quantitative estimate of drug-likeness (QED) is 0.374. The largest absolute Gasteiger partial charge is 0.462 e. The highest BCUT2D eigenvalue weighted by molar-refractivity contribution is 8.14. The molecule has 2 heterocycles. The van der Waals surface area contributed by atoms with Crippen LogP contribution in [0.1, 0.15) is 41.5 Å². The molecule has 2 aliphatic heterocycles. The summed E-state index contributed by atoms with van der Waals surface area (Å²) in [7, 11) is 0. The third kappa shape index (κ3) is 4.21. The van der Waals surface area contributed by atoms with Gasteiger partial charge in [-0.25, -0.2) is 4.79 Å². The molecule has 0 spiro atoms. The molecule has 0 bridgehead atoms. The van der Waals surface area contributed by atoms with Gasteiger partial charge in [-0.05, 0) is 34.6 Å². The van der Waals surface area contributed by atoms with Crippen molar-refractivity contribution in [1.82, 2.24) is 4.90 Å². The van der Waals surface area contributed by atoms with Crippen molar-refractivity contribution >= 4 is 40.7 Å². The lowest BCUT2D eigenvalue weighted by molar-refractivity contribution is -0.176. The Bertz CT molecular complexity index is 766. The van der Waals surface area contributed by atoms with Gasteiger partial charge in [0.1, 0.15) is 23.1 Å². The number of amides is 1. The molecule has 2 aliphatic rings. The zero-order chi connectivity index (χ0) is 21.4. The topological polar surface area (TPSA) is 116 Å². The molecule has 2 rings (SSSR count). The third-order valence-corrected chi connectivity index (χ3v) is 5.52. The highest BCUT2D eigenvalue weighted by Gasteiger charge is 2.58. The Kier molecular flexibility index (Phi) is 6.22. The summed E-state index contributed by atoms with van der Waals surface area (Å²) in [4.78, 5) is 61.4.